The van der Waals surface area contributed by atoms with Crippen molar-refractivity contribution in [3.63, 3.8) is 0 Å². The highest BCUT2D eigenvalue weighted by molar-refractivity contribution is 5.84. The molecule has 7 nitrogen and oxygen atoms in total. The molecule has 262 valence electrons. The fraction of sp³-hybridized carbons (Fsp3) is 0.850. The molecule has 5 aliphatic carbocycles. The van der Waals surface area contributed by atoms with Gasteiger partial charge in [0.25, 0.3) is 0 Å². The summed E-state index contributed by atoms with van der Waals surface area (Å²) in [5.74, 6) is 1.10. The highest BCUT2D eigenvalue weighted by Gasteiger charge is 2.72. The molecule has 5 rings (SSSR count). The first kappa shape index (κ1) is 35.9. The number of carbonyl (C=O) groups excluding carboxylic acids is 2. The first-order valence-corrected chi connectivity index (χ1v) is 18.5. The number of hydrogen-bond donors (Lipinski definition) is 2. The third kappa shape index (κ3) is 5.66. The van der Waals surface area contributed by atoms with Gasteiger partial charge in [0.05, 0.1) is 30.7 Å². The molecule has 0 aliphatic heterocycles. The maximum Gasteiger partial charge on any atom is 0.306 e. The molecule has 0 aromatic carbocycles. The summed E-state index contributed by atoms with van der Waals surface area (Å²) in [6.45, 7) is 23.0. The minimum atomic E-state index is -0.893. The number of esters is 1. The standard InChI is InChI=1S/C40H62N2O5/c1-25(2)26-13-18-40(34(46)42-22-10-21-41)20-19-38(8)27(33(26)40)11-12-29-37(7)16-15-30(36(5,6)28(37)14-17-39(29,38)9)47-32(45)24-35(3,4)23-31(43)44/h26-30,33H,1,10-20,22-24H2,2-9H3,(H,42,46)(H,43,44)/t26-,27+,28-,29+,30-,33+,37-,38+,39+,40-/m0/s1. The van der Waals surface area contributed by atoms with E-state index in [1.807, 2.05) is 13.8 Å². The second-order valence-electron chi connectivity index (χ2n) is 18.8. The molecule has 7 heteroatoms. The summed E-state index contributed by atoms with van der Waals surface area (Å²) in [5, 5.41) is 21.6. The van der Waals surface area contributed by atoms with Gasteiger partial charge in [0.2, 0.25) is 5.91 Å². The monoisotopic (exact) mass is 650 g/mol. The van der Waals surface area contributed by atoms with Gasteiger partial charge in [-0.05, 0) is 122 Å². The molecule has 0 aromatic rings. The highest BCUT2D eigenvalue weighted by atomic mass is 16.5. The number of carboxylic acids is 1. The lowest BCUT2D eigenvalue weighted by Gasteiger charge is -2.72. The molecule has 0 heterocycles. The van der Waals surface area contributed by atoms with Crippen LogP contribution in [0.3, 0.4) is 0 Å². The van der Waals surface area contributed by atoms with Gasteiger partial charge in [-0.2, -0.15) is 5.26 Å². The van der Waals surface area contributed by atoms with Gasteiger partial charge in [0.1, 0.15) is 6.10 Å². The Morgan fingerprint density at radius 1 is 0.915 bits per heavy atom. The molecule has 0 spiro atoms. The van der Waals surface area contributed by atoms with E-state index in [1.165, 1.54) is 12.0 Å². The van der Waals surface area contributed by atoms with Crippen LogP contribution in [0.15, 0.2) is 12.2 Å². The van der Waals surface area contributed by atoms with Crippen LogP contribution in [0.1, 0.15) is 139 Å². The Kier molecular flexibility index (Phi) is 9.33. The first-order chi connectivity index (χ1) is 21.8. The largest absolute Gasteiger partial charge is 0.481 e. The van der Waals surface area contributed by atoms with Crippen molar-refractivity contribution in [3.05, 3.63) is 12.2 Å². The molecule has 5 aliphatic rings. The molecule has 10 atom stereocenters. The lowest BCUT2D eigenvalue weighted by atomic mass is 9.32. The van der Waals surface area contributed by atoms with Crippen LogP contribution in [-0.4, -0.2) is 35.6 Å². The summed E-state index contributed by atoms with van der Waals surface area (Å²) in [6, 6.07) is 2.18. The Balaban J connectivity index is 1.40. The SMILES string of the molecule is C=C(C)[C@@H]1CC[C@]2(C(=O)NCCC#N)CC[C@]3(C)[C@H](CC[C@@H]4[C@@]5(C)CC[C@H](OC(=O)CC(C)(C)CC(=O)O)C(C)(C)[C@@H]5CC[C@]43C)[C@@H]12. The molecular weight excluding hydrogens is 588 g/mol. The van der Waals surface area contributed by atoms with Crippen molar-refractivity contribution < 1.29 is 24.2 Å². The van der Waals surface area contributed by atoms with E-state index in [4.69, 9.17) is 10.00 Å². The average Bonchev–Trinajstić information content (AvgIpc) is 3.35. The van der Waals surface area contributed by atoms with E-state index < -0.39 is 11.4 Å². The van der Waals surface area contributed by atoms with E-state index in [2.05, 4.69) is 59.5 Å². The number of carboxylic acid groups (broad SMARTS) is 1. The number of aliphatic carboxylic acids is 1. The van der Waals surface area contributed by atoms with Gasteiger partial charge in [-0.1, -0.05) is 60.6 Å². The summed E-state index contributed by atoms with van der Waals surface area (Å²) in [7, 11) is 0. The Hall–Kier alpha value is -2.36. The lowest BCUT2D eigenvalue weighted by molar-refractivity contribution is -0.249. The molecule has 0 saturated heterocycles. The zero-order valence-electron chi connectivity index (χ0n) is 30.6. The minimum absolute atomic E-state index is 0.0577. The summed E-state index contributed by atoms with van der Waals surface area (Å²) in [4.78, 5) is 38.5. The van der Waals surface area contributed by atoms with E-state index in [0.29, 0.717) is 42.6 Å². The Morgan fingerprint density at radius 3 is 2.26 bits per heavy atom. The summed E-state index contributed by atoms with van der Waals surface area (Å²) in [5.41, 5.74) is 0.417. The molecule has 5 fully saturated rings. The Morgan fingerprint density at radius 2 is 1.62 bits per heavy atom. The average molecular weight is 651 g/mol. The zero-order valence-corrected chi connectivity index (χ0v) is 30.6. The molecule has 0 aromatic heterocycles. The maximum atomic E-state index is 14.0. The van der Waals surface area contributed by atoms with Crippen LogP contribution in [0.25, 0.3) is 0 Å². The second kappa shape index (κ2) is 12.2. The fourth-order valence-electron chi connectivity index (χ4n) is 13.2. The van der Waals surface area contributed by atoms with Crippen LogP contribution in [0.5, 0.6) is 0 Å². The lowest BCUT2D eigenvalue weighted by Crippen LogP contribution is -2.67. The smallest absolute Gasteiger partial charge is 0.306 e. The zero-order chi connectivity index (χ0) is 34.8. The van der Waals surface area contributed by atoms with E-state index in [1.54, 1.807) is 0 Å². The molecule has 0 radical (unpaired) electrons. The number of nitriles is 1. The van der Waals surface area contributed by atoms with Crippen molar-refractivity contribution in [2.24, 2.45) is 62.1 Å². The topological polar surface area (TPSA) is 116 Å². The fourth-order valence-corrected chi connectivity index (χ4v) is 13.2. The van der Waals surface area contributed by atoms with Crippen LogP contribution in [0.4, 0.5) is 0 Å². The number of hydrogen-bond acceptors (Lipinski definition) is 5. The van der Waals surface area contributed by atoms with Crippen LogP contribution in [0, 0.1) is 73.4 Å². The number of fused-ring (bicyclic) bond motifs is 7. The third-order valence-corrected chi connectivity index (χ3v) is 15.5. The van der Waals surface area contributed by atoms with Crippen LogP contribution < -0.4 is 5.32 Å². The van der Waals surface area contributed by atoms with Gasteiger partial charge >= 0.3 is 11.9 Å². The third-order valence-electron chi connectivity index (χ3n) is 15.5. The van der Waals surface area contributed by atoms with Crippen molar-refractivity contribution >= 4 is 17.8 Å². The predicted octanol–water partition coefficient (Wildman–Crippen LogP) is 8.48. The normalized spacial score (nSPS) is 42.0. The number of amides is 1. The molecule has 47 heavy (non-hydrogen) atoms. The number of rotatable bonds is 9. The van der Waals surface area contributed by atoms with Gasteiger partial charge in [0.15, 0.2) is 0 Å². The van der Waals surface area contributed by atoms with Gasteiger partial charge < -0.3 is 15.2 Å². The summed E-state index contributed by atoms with van der Waals surface area (Å²) < 4.78 is 6.24. The second-order valence-corrected chi connectivity index (χ2v) is 18.8. The van der Waals surface area contributed by atoms with E-state index in [0.717, 1.165) is 57.8 Å². The highest BCUT2D eigenvalue weighted by Crippen LogP contribution is 2.77. The molecule has 2 N–H and O–H groups in total. The quantitative estimate of drug-likeness (QED) is 0.147. The van der Waals surface area contributed by atoms with Crippen LogP contribution >= 0.6 is 0 Å². The van der Waals surface area contributed by atoms with Crippen molar-refractivity contribution in [3.8, 4) is 6.07 Å². The number of allylic oxidation sites excluding steroid dienone is 1. The predicted molar refractivity (Wildman–Crippen MR) is 183 cm³/mol. The van der Waals surface area contributed by atoms with Crippen LogP contribution in [-0.2, 0) is 19.1 Å². The van der Waals surface area contributed by atoms with Crippen LogP contribution in [0.2, 0.25) is 0 Å². The molecular formula is C40H62N2O5. The van der Waals surface area contributed by atoms with Crippen molar-refractivity contribution in [1.82, 2.24) is 5.32 Å². The number of ether oxygens (including phenoxy) is 1. The van der Waals surface area contributed by atoms with Crippen molar-refractivity contribution in [2.45, 2.75) is 145 Å². The maximum absolute atomic E-state index is 14.0. The van der Waals surface area contributed by atoms with E-state index in [-0.39, 0.29) is 57.9 Å². The molecule has 1 amide bonds. The van der Waals surface area contributed by atoms with Gasteiger partial charge in [0, 0.05) is 12.0 Å². The Bertz CT molecular complexity index is 1330. The summed E-state index contributed by atoms with van der Waals surface area (Å²) in [6.07, 6.45) is 10.6. The van der Waals surface area contributed by atoms with Crippen molar-refractivity contribution in [1.29, 1.82) is 5.26 Å². The number of carbonyl (C=O) groups is 3. The van der Waals surface area contributed by atoms with Crippen molar-refractivity contribution in [2.75, 3.05) is 6.54 Å². The summed E-state index contributed by atoms with van der Waals surface area (Å²) >= 11 is 0. The Labute approximate surface area is 284 Å². The molecule has 0 unspecified atom stereocenters. The number of nitrogens with zero attached hydrogens (tertiary/aromatic N) is 1. The molecule has 0 bridgehead atoms. The van der Waals surface area contributed by atoms with Gasteiger partial charge in [-0.15, -0.1) is 0 Å². The van der Waals surface area contributed by atoms with E-state index >= 15 is 0 Å². The first-order valence-electron chi connectivity index (χ1n) is 18.5. The molecule has 5 saturated carbocycles. The number of nitrogens with one attached hydrogen (secondary N) is 1. The van der Waals surface area contributed by atoms with E-state index in [9.17, 15) is 19.5 Å². The van der Waals surface area contributed by atoms with Gasteiger partial charge in [-0.25, -0.2) is 0 Å². The van der Waals surface area contributed by atoms with Gasteiger partial charge in [-0.3, -0.25) is 14.4 Å². The minimum Gasteiger partial charge on any atom is -0.481 e.